The van der Waals surface area contributed by atoms with Crippen LogP contribution in [-0.4, -0.2) is 62.1 Å². The highest BCUT2D eigenvalue weighted by Gasteiger charge is 2.37. The molecule has 0 atom stereocenters. The van der Waals surface area contributed by atoms with Crippen LogP contribution in [-0.2, 0) is 9.53 Å². The van der Waals surface area contributed by atoms with E-state index in [1.807, 2.05) is 62.6 Å². The molecule has 0 bridgehead atoms. The number of carbonyl (C=O) groups is 1. The van der Waals surface area contributed by atoms with Crippen LogP contribution in [0.2, 0.25) is 0 Å². The summed E-state index contributed by atoms with van der Waals surface area (Å²) in [6.45, 7) is 3.00. The van der Waals surface area contributed by atoms with Crippen LogP contribution in [0.5, 0.6) is 11.5 Å². The number of fused-ring (bicyclic) bond motifs is 2. The molecule has 2 aromatic carbocycles. The van der Waals surface area contributed by atoms with Crippen molar-refractivity contribution in [2.24, 2.45) is 0 Å². The normalized spacial score (nSPS) is 17.0. The predicted molar refractivity (Wildman–Crippen MR) is 109 cm³/mol. The van der Waals surface area contributed by atoms with Crippen LogP contribution in [0.4, 0.5) is 0 Å². The summed E-state index contributed by atoms with van der Waals surface area (Å²) in [4.78, 5) is 18.2. The summed E-state index contributed by atoms with van der Waals surface area (Å²) >= 11 is 0. The molecule has 0 radical (unpaired) electrons. The molecule has 5 heteroatoms. The minimum Gasteiger partial charge on any atom is -0.457 e. The summed E-state index contributed by atoms with van der Waals surface area (Å²) in [5.41, 5.74) is 1.90. The molecule has 0 N–H and O–H groups in total. The molecular formula is C23H28N2O3. The number of para-hydroxylation sites is 2. The van der Waals surface area contributed by atoms with Crippen molar-refractivity contribution in [1.82, 2.24) is 9.80 Å². The van der Waals surface area contributed by atoms with Crippen molar-refractivity contribution in [3.8, 4) is 11.5 Å². The van der Waals surface area contributed by atoms with Gasteiger partial charge >= 0.3 is 0 Å². The summed E-state index contributed by atoms with van der Waals surface area (Å²) in [5.74, 6) is 1.39. The van der Waals surface area contributed by atoms with Gasteiger partial charge in [-0.1, -0.05) is 36.4 Å². The molecule has 1 fully saturated rings. The topological polar surface area (TPSA) is 42.0 Å². The molecule has 2 aliphatic heterocycles. The van der Waals surface area contributed by atoms with E-state index in [1.165, 1.54) is 0 Å². The zero-order chi connectivity index (χ0) is 19.5. The standard InChI is InChI=1S/C23H28N2O3/c1-24(2)13-14-25(17-11-15-27-16-12-17)23(26)22-18-7-3-5-9-20(18)28-21-10-6-4-8-19(21)22/h3-10,17,22H,11-16H2,1-2H3. The number of nitrogens with zero attached hydrogens (tertiary/aromatic N) is 2. The van der Waals surface area contributed by atoms with Crippen LogP contribution in [0.25, 0.3) is 0 Å². The van der Waals surface area contributed by atoms with E-state index in [2.05, 4.69) is 9.80 Å². The molecule has 1 saturated heterocycles. The van der Waals surface area contributed by atoms with Gasteiger partial charge < -0.3 is 19.3 Å². The molecular weight excluding hydrogens is 352 g/mol. The van der Waals surface area contributed by atoms with Crippen molar-refractivity contribution in [2.45, 2.75) is 24.8 Å². The van der Waals surface area contributed by atoms with E-state index in [9.17, 15) is 4.79 Å². The van der Waals surface area contributed by atoms with Crippen LogP contribution >= 0.6 is 0 Å². The Bertz CT molecular complexity index is 785. The first-order chi connectivity index (χ1) is 13.6. The Morgan fingerprint density at radius 2 is 1.50 bits per heavy atom. The number of rotatable bonds is 5. The van der Waals surface area contributed by atoms with Crippen molar-refractivity contribution >= 4 is 5.91 Å². The molecule has 148 valence electrons. The Morgan fingerprint density at radius 3 is 2.07 bits per heavy atom. The third-order valence-corrected chi connectivity index (χ3v) is 5.63. The molecule has 0 aromatic heterocycles. The van der Waals surface area contributed by atoms with Crippen molar-refractivity contribution in [3.63, 3.8) is 0 Å². The van der Waals surface area contributed by atoms with Crippen molar-refractivity contribution in [2.75, 3.05) is 40.4 Å². The van der Waals surface area contributed by atoms with Gasteiger partial charge in [-0.2, -0.15) is 0 Å². The van der Waals surface area contributed by atoms with E-state index in [0.29, 0.717) is 0 Å². The van der Waals surface area contributed by atoms with Crippen LogP contribution < -0.4 is 4.74 Å². The predicted octanol–water partition coefficient (Wildman–Crippen LogP) is 3.49. The number of ether oxygens (including phenoxy) is 2. The molecule has 0 spiro atoms. The van der Waals surface area contributed by atoms with E-state index in [0.717, 1.165) is 61.8 Å². The zero-order valence-electron chi connectivity index (χ0n) is 16.6. The Morgan fingerprint density at radius 1 is 0.929 bits per heavy atom. The van der Waals surface area contributed by atoms with Crippen molar-refractivity contribution in [3.05, 3.63) is 59.7 Å². The Hall–Kier alpha value is -2.37. The molecule has 0 aliphatic carbocycles. The van der Waals surface area contributed by atoms with E-state index in [4.69, 9.17) is 9.47 Å². The smallest absolute Gasteiger partial charge is 0.235 e. The number of likely N-dealkylation sites (N-methyl/N-ethyl adjacent to an activating group) is 1. The first-order valence-corrected chi connectivity index (χ1v) is 10.0. The van der Waals surface area contributed by atoms with Gasteiger partial charge in [0.05, 0.1) is 5.92 Å². The first kappa shape index (κ1) is 19.0. The molecule has 0 saturated carbocycles. The summed E-state index contributed by atoms with van der Waals surface area (Å²) in [6, 6.07) is 16.0. The lowest BCUT2D eigenvalue weighted by Gasteiger charge is -2.38. The number of carbonyl (C=O) groups excluding carboxylic acids is 1. The highest BCUT2D eigenvalue weighted by Crippen LogP contribution is 2.45. The van der Waals surface area contributed by atoms with Crippen LogP contribution in [0.3, 0.4) is 0 Å². The number of hydrogen-bond acceptors (Lipinski definition) is 4. The third-order valence-electron chi connectivity index (χ3n) is 5.63. The molecule has 0 unspecified atom stereocenters. The van der Waals surface area contributed by atoms with Gasteiger partial charge in [-0.05, 0) is 39.1 Å². The number of amides is 1. The lowest BCUT2D eigenvalue weighted by Crippen LogP contribution is -2.48. The maximum atomic E-state index is 13.9. The minimum atomic E-state index is -0.328. The van der Waals surface area contributed by atoms with E-state index >= 15 is 0 Å². The fourth-order valence-electron chi connectivity index (χ4n) is 4.12. The van der Waals surface area contributed by atoms with Crippen LogP contribution in [0.1, 0.15) is 29.9 Å². The summed E-state index contributed by atoms with van der Waals surface area (Å²) < 4.78 is 11.6. The number of benzene rings is 2. The molecule has 5 nitrogen and oxygen atoms in total. The van der Waals surface area contributed by atoms with E-state index in [-0.39, 0.29) is 17.9 Å². The molecule has 28 heavy (non-hydrogen) atoms. The third kappa shape index (κ3) is 3.77. The fourth-order valence-corrected chi connectivity index (χ4v) is 4.12. The molecule has 2 heterocycles. The zero-order valence-corrected chi connectivity index (χ0v) is 16.6. The van der Waals surface area contributed by atoms with Gasteiger partial charge in [-0.3, -0.25) is 4.79 Å². The van der Waals surface area contributed by atoms with Gasteiger partial charge in [0.1, 0.15) is 11.5 Å². The average Bonchev–Trinajstić information content (AvgIpc) is 2.72. The minimum absolute atomic E-state index is 0.164. The van der Waals surface area contributed by atoms with E-state index < -0.39 is 0 Å². The SMILES string of the molecule is CN(C)CCN(C(=O)C1c2ccccc2Oc2ccccc21)C1CCOCC1. The maximum absolute atomic E-state index is 13.9. The van der Waals surface area contributed by atoms with Crippen molar-refractivity contribution < 1.29 is 14.3 Å². The van der Waals surface area contributed by atoms with Crippen LogP contribution in [0, 0.1) is 0 Å². The second-order valence-corrected chi connectivity index (χ2v) is 7.79. The Balaban J connectivity index is 1.71. The van der Waals surface area contributed by atoms with Gasteiger partial charge in [0.15, 0.2) is 0 Å². The molecule has 2 aliphatic rings. The van der Waals surface area contributed by atoms with E-state index in [1.54, 1.807) is 0 Å². The highest BCUT2D eigenvalue weighted by molar-refractivity contribution is 5.90. The first-order valence-electron chi connectivity index (χ1n) is 10.0. The number of hydrogen-bond donors (Lipinski definition) is 0. The Kier molecular flexibility index (Phi) is 5.64. The molecule has 4 rings (SSSR count). The van der Waals surface area contributed by atoms with Gasteiger partial charge in [-0.25, -0.2) is 0 Å². The lowest BCUT2D eigenvalue weighted by molar-refractivity contribution is -0.136. The quantitative estimate of drug-likeness (QED) is 0.796. The maximum Gasteiger partial charge on any atom is 0.235 e. The monoisotopic (exact) mass is 380 g/mol. The summed E-state index contributed by atoms with van der Waals surface area (Å²) in [6.07, 6.45) is 1.79. The molecule has 2 aromatic rings. The fraction of sp³-hybridized carbons (Fsp3) is 0.435. The van der Waals surface area contributed by atoms with Gasteiger partial charge in [-0.15, -0.1) is 0 Å². The lowest BCUT2D eigenvalue weighted by atomic mass is 9.86. The second kappa shape index (κ2) is 8.33. The van der Waals surface area contributed by atoms with Gasteiger partial charge in [0.2, 0.25) is 5.91 Å². The average molecular weight is 380 g/mol. The van der Waals surface area contributed by atoms with Crippen LogP contribution in [0.15, 0.2) is 48.5 Å². The Labute approximate surface area is 166 Å². The van der Waals surface area contributed by atoms with Gasteiger partial charge in [0.25, 0.3) is 0 Å². The highest BCUT2D eigenvalue weighted by atomic mass is 16.5. The second-order valence-electron chi connectivity index (χ2n) is 7.79. The van der Waals surface area contributed by atoms with Gasteiger partial charge in [0, 0.05) is 43.5 Å². The largest absolute Gasteiger partial charge is 0.457 e. The summed E-state index contributed by atoms with van der Waals surface area (Å²) in [5, 5.41) is 0. The summed E-state index contributed by atoms with van der Waals surface area (Å²) in [7, 11) is 4.09. The van der Waals surface area contributed by atoms with Crippen molar-refractivity contribution in [1.29, 1.82) is 0 Å². The molecule has 1 amide bonds.